The number of rotatable bonds is 9. The number of sulfonamides is 1. The zero-order valence-corrected chi connectivity index (χ0v) is 18.3. The first-order valence-corrected chi connectivity index (χ1v) is 10.9. The van der Waals surface area contributed by atoms with Crippen molar-refractivity contribution in [2.45, 2.75) is 4.90 Å². The van der Waals surface area contributed by atoms with Crippen LogP contribution in [0.4, 0.5) is 0 Å². The van der Waals surface area contributed by atoms with Crippen LogP contribution in [-0.4, -0.2) is 48.7 Å². The molecule has 31 heavy (non-hydrogen) atoms. The fraction of sp³-hybridized carbons (Fsp3) is 0.227. The topological polar surface area (TPSA) is 103 Å². The summed E-state index contributed by atoms with van der Waals surface area (Å²) in [5, 5.41) is 4.47. The van der Waals surface area contributed by atoms with Crippen molar-refractivity contribution in [1.82, 2.24) is 10.0 Å². The van der Waals surface area contributed by atoms with E-state index < -0.39 is 15.9 Å². The SMILES string of the molecule is COc1cc(C(=O)NCCNS(=O)(=O)c2ccc3ccccc3c2)cc(OC)c1OC. The number of fused-ring (bicyclic) bond motifs is 1. The number of benzene rings is 3. The Morgan fingerprint density at radius 1 is 0.839 bits per heavy atom. The van der Waals surface area contributed by atoms with Gasteiger partial charge in [0.2, 0.25) is 15.8 Å². The lowest BCUT2D eigenvalue weighted by atomic mass is 10.1. The Kier molecular flexibility index (Phi) is 6.98. The summed E-state index contributed by atoms with van der Waals surface area (Å²) >= 11 is 0. The van der Waals surface area contributed by atoms with E-state index in [1.165, 1.54) is 33.5 Å². The molecule has 0 atom stereocenters. The van der Waals surface area contributed by atoms with E-state index >= 15 is 0 Å². The molecule has 2 N–H and O–H groups in total. The number of amides is 1. The standard InChI is InChI=1S/C22H24N2O6S/c1-28-19-13-17(14-20(29-2)21(19)30-3)22(25)23-10-11-24-31(26,27)18-9-8-15-6-4-5-7-16(15)12-18/h4-9,12-14,24H,10-11H2,1-3H3,(H,23,25). The van der Waals surface area contributed by atoms with Gasteiger partial charge in [0.15, 0.2) is 11.5 Å². The predicted molar refractivity (Wildman–Crippen MR) is 118 cm³/mol. The second kappa shape index (κ2) is 9.67. The number of carbonyl (C=O) groups is 1. The van der Waals surface area contributed by atoms with Gasteiger partial charge >= 0.3 is 0 Å². The minimum absolute atomic E-state index is 0.0331. The zero-order valence-electron chi connectivity index (χ0n) is 17.5. The summed E-state index contributed by atoms with van der Waals surface area (Å²) in [6.07, 6.45) is 0. The van der Waals surface area contributed by atoms with Crippen LogP contribution in [0.25, 0.3) is 10.8 Å². The molecule has 0 aliphatic rings. The second-order valence-corrected chi connectivity index (χ2v) is 8.34. The molecule has 8 nitrogen and oxygen atoms in total. The van der Waals surface area contributed by atoms with E-state index in [-0.39, 0.29) is 18.0 Å². The maximum atomic E-state index is 12.6. The highest BCUT2D eigenvalue weighted by Crippen LogP contribution is 2.38. The molecule has 0 fully saturated rings. The average molecular weight is 445 g/mol. The quantitative estimate of drug-likeness (QED) is 0.492. The van der Waals surface area contributed by atoms with E-state index in [2.05, 4.69) is 10.0 Å². The molecule has 0 unspecified atom stereocenters. The molecule has 3 rings (SSSR count). The van der Waals surface area contributed by atoms with Crippen molar-refractivity contribution < 1.29 is 27.4 Å². The number of ether oxygens (including phenoxy) is 3. The van der Waals surface area contributed by atoms with Gasteiger partial charge in [-0.25, -0.2) is 13.1 Å². The van der Waals surface area contributed by atoms with Gasteiger partial charge in [0, 0.05) is 18.7 Å². The van der Waals surface area contributed by atoms with Crippen molar-refractivity contribution in [3.63, 3.8) is 0 Å². The Hall–Kier alpha value is -3.30. The number of hydrogen-bond donors (Lipinski definition) is 2. The van der Waals surface area contributed by atoms with E-state index in [9.17, 15) is 13.2 Å². The van der Waals surface area contributed by atoms with E-state index in [0.29, 0.717) is 22.8 Å². The van der Waals surface area contributed by atoms with Crippen LogP contribution >= 0.6 is 0 Å². The number of methoxy groups -OCH3 is 3. The van der Waals surface area contributed by atoms with E-state index in [4.69, 9.17) is 14.2 Å². The minimum atomic E-state index is -3.70. The Morgan fingerprint density at radius 2 is 1.48 bits per heavy atom. The molecule has 0 aliphatic heterocycles. The molecule has 0 spiro atoms. The summed E-state index contributed by atoms with van der Waals surface area (Å²) in [5.41, 5.74) is 0.298. The summed E-state index contributed by atoms with van der Waals surface area (Å²) in [7, 11) is 0.689. The zero-order chi connectivity index (χ0) is 22.4. The summed E-state index contributed by atoms with van der Waals surface area (Å²) in [5.74, 6) is 0.682. The van der Waals surface area contributed by atoms with Crippen molar-refractivity contribution in [1.29, 1.82) is 0 Å². The normalized spacial score (nSPS) is 11.2. The smallest absolute Gasteiger partial charge is 0.251 e. The van der Waals surface area contributed by atoms with Gasteiger partial charge < -0.3 is 19.5 Å². The lowest BCUT2D eigenvalue weighted by Gasteiger charge is -2.14. The fourth-order valence-electron chi connectivity index (χ4n) is 3.09. The van der Waals surface area contributed by atoms with Gasteiger partial charge in [0.25, 0.3) is 5.91 Å². The van der Waals surface area contributed by atoms with Crippen molar-refractivity contribution in [2.24, 2.45) is 0 Å². The molecule has 0 heterocycles. The predicted octanol–water partition coefficient (Wildman–Crippen LogP) is 2.57. The molecular formula is C22H24N2O6S. The number of nitrogens with one attached hydrogen (secondary N) is 2. The van der Waals surface area contributed by atoms with Crippen molar-refractivity contribution >= 4 is 26.7 Å². The van der Waals surface area contributed by atoms with E-state index in [0.717, 1.165) is 10.8 Å². The van der Waals surface area contributed by atoms with Gasteiger partial charge in [-0.3, -0.25) is 4.79 Å². The number of hydrogen-bond acceptors (Lipinski definition) is 6. The van der Waals surface area contributed by atoms with Crippen LogP contribution in [0.15, 0.2) is 59.5 Å². The molecule has 0 bridgehead atoms. The lowest BCUT2D eigenvalue weighted by Crippen LogP contribution is -2.34. The molecule has 9 heteroatoms. The Morgan fingerprint density at radius 3 is 2.10 bits per heavy atom. The molecule has 0 aromatic heterocycles. The van der Waals surface area contributed by atoms with Crippen molar-refractivity contribution in [3.8, 4) is 17.2 Å². The average Bonchev–Trinajstić information content (AvgIpc) is 2.80. The summed E-state index contributed by atoms with van der Waals surface area (Å²) < 4.78 is 43.3. The maximum absolute atomic E-state index is 12.6. The summed E-state index contributed by atoms with van der Waals surface area (Å²) in [6.45, 7) is 0.133. The summed E-state index contributed by atoms with van der Waals surface area (Å²) in [4.78, 5) is 12.6. The first kappa shape index (κ1) is 22.4. The van der Waals surface area contributed by atoms with E-state index in [1.807, 2.05) is 24.3 Å². The van der Waals surface area contributed by atoms with Crippen LogP contribution < -0.4 is 24.2 Å². The third-order valence-electron chi connectivity index (χ3n) is 4.66. The van der Waals surface area contributed by atoms with Crippen LogP contribution in [0.2, 0.25) is 0 Å². The fourth-order valence-corrected chi connectivity index (χ4v) is 4.16. The van der Waals surface area contributed by atoms with Crippen LogP contribution in [0.3, 0.4) is 0 Å². The third-order valence-corrected chi connectivity index (χ3v) is 6.12. The molecule has 0 aliphatic carbocycles. The highest BCUT2D eigenvalue weighted by molar-refractivity contribution is 7.89. The van der Waals surface area contributed by atoms with Gasteiger partial charge in [0.05, 0.1) is 26.2 Å². The van der Waals surface area contributed by atoms with Crippen LogP contribution in [0.1, 0.15) is 10.4 Å². The van der Waals surface area contributed by atoms with Crippen molar-refractivity contribution in [3.05, 3.63) is 60.2 Å². The Balaban J connectivity index is 1.62. The highest BCUT2D eigenvalue weighted by Gasteiger charge is 2.17. The molecule has 164 valence electrons. The third kappa shape index (κ3) is 5.07. The van der Waals surface area contributed by atoms with Crippen LogP contribution in [0, 0.1) is 0 Å². The summed E-state index contributed by atoms with van der Waals surface area (Å²) in [6, 6.07) is 15.5. The Labute approximate surface area is 181 Å². The molecule has 0 saturated carbocycles. The van der Waals surface area contributed by atoms with Crippen LogP contribution in [0.5, 0.6) is 17.2 Å². The van der Waals surface area contributed by atoms with Crippen LogP contribution in [-0.2, 0) is 10.0 Å². The molecule has 3 aromatic carbocycles. The van der Waals surface area contributed by atoms with Crippen molar-refractivity contribution in [2.75, 3.05) is 34.4 Å². The first-order chi connectivity index (χ1) is 14.9. The van der Waals surface area contributed by atoms with Gasteiger partial charge in [-0.15, -0.1) is 0 Å². The molecule has 0 saturated heterocycles. The minimum Gasteiger partial charge on any atom is -0.493 e. The van der Waals surface area contributed by atoms with E-state index in [1.54, 1.807) is 18.2 Å². The highest BCUT2D eigenvalue weighted by atomic mass is 32.2. The monoisotopic (exact) mass is 444 g/mol. The molecule has 1 amide bonds. The maximum Gasteiger partial charge on any atom is 0.251 e. The molecule has 3 aromatic rings. The largest absolute Gasteiger partial charge is 0.493 e. The Bertz CT molecular complexity index is 1170. The van der Waals surface area contributed by atoms with Gasteiger partial charge in [-0.2, -0.15) is 0 Å². The second-order valence-electron chi connectivity index (χ2n) is 6.58. The van der Waals surface area contributed by atoms with Gasteiger partial charge in [0.1, 0.15) is 0 Å². The molecular weight excluding hydrogens is 420 g/mol. The van der Waals surface area contributed by atoms with Gasteiger partial charge in [-0.1, -0.05) is 30.3 Å². The number of carbonyl (C=O) groups excluding carboxylic acids is 1. The van der Waals surface area contributed by atoms with Gasteiger partial charge in [-0.05, 0) is 35.0 Å². The first-order valence-electron chi connectivity index (χ1n) is 9.46. The lowest BCUT2D eigenvalue weighted by molar-refractivity contribution is 0.0953. The molecule has 0 radical (unpaired) electrons.